The molecule has 3 aromatic rings. The first-order valence-electron chi connectivity index (χ1n) is 8.18. The number of pyridine rings is 1. The van der Waals surface area contributed by atoms with Crippen molar-refractivity contribution in [3.63, 3.8) is 0 Å². The second-order valence-corrected chi connectivity index (χ2v) is 9.87. The summed E-state index contributed by atoms with van der Waals surface area (Å²) in [7, 11) is -2.89. The maximum Gasteiger partial charge on any atom is 0.276 e. The van der Waals surface area contributed by atoms with Crippen LogP contribution in [0.1, 0.15) is 17.9 Å². The van der Waals surface area contributed by atoms with Gasteiger partial charge in [0.1, 0.15) is 5.15 Å². The third-order valence-corrected chi connectivity index (χ3v) is 7.37. The van der Waals surface area contributed by atoms with E-state index in [2.05, 4.69) is 15.2 Å². The fourth-order valence-corrected chi connectivity index (χ4v) is 5.94. The largest absolute Gasteiger partial charge is 0.416 e. The van der Waals surface area contributed by atoms with Crippen molar-refractivity contribution >= 4 is 44.1 Å². The minimum absolute atomic E-state index is 0.0671. The summed E-state index contributed by atoms with van der Waals surface area (Å²) in [5, 5.41) is 10.0. The number of aromatic nitrogens is 3. The normalized spacial score (nSPS) is 19.2. The van der Waals surface area contributed by atoms with Gasteiger partial charge in [-0.15, -0.1) is 10.2 Å². The monoisotopic (exact) mass is 409 g/mol. The van der Waals surface area contributed by atoms with E-state index in [0.717, 1.165) is 16.5 Å². The smallest absolute Gasteiger partial charge is 0.276 e. The Bertz CT molecular complexity index is 1050. The predicted molar refractivity (Wildman–Crippen MR) is 101 cm³/mol. The van der Waals surface area contributed by atoms with Crippen LogP contribution < -0.4 is 0 Å². The molecule has 2 aromatic heterocycles. The van der Waals surface area contributed by atoms with Crippen LogP contribution in [0.3, 0.4) is 0 Å². The van der Waals surface area contributed by atoms with Crippen LogP contribution in [0, 0.1) is 5.92 Å². The van der Waals surface area contributed by atoms with Gasteiger partial charge in [0.05, 0.1) is 17.0 Å². The molecule has 26 heavy (non-hydrogen) atoms. The fraction of sp³-hybridized carbons (Fsp3) is 0.353. The summed E-state index contributed by atoms with van der Waals surface area (Å²) < 4.78 is 28.7. The number of thioether (sulfide) groups is 1. The molecule has 4 rings (SSSR count). The Morgan fingerprint density at radius 2 is 2.12 bits per heavy atom. The first-order valence-corrected chi connectivity index (χ1v) is 11.4. The summed E-state index contributed by atoms with van der Waals surface area (Å²) >= 11 is 7.66. The molecule has 136 valence electrons. The second kappa shape index (κ2) is 7.17. The molecule has 1 fully saturated rings. The van der Waals surface area contributed by atoms with Crippen molar-refractivity contribution in [2.24, 2.45) is 5.92 Å². The van der Waals surface area contributed by atoms with Crippen molar-refractivity contribution in [2.75, 3.05) is 11.5 Å². The highest BCUT2D eigenvalue weighted by atomic mass is 35.5. The molecule has 0 unspecified atom stereocenters. The summed E-state index contributed by atoms with van der Waals surface area (Å²) in [6, 6.07) is 9.81. The zero-order valence-corrected chi connectivity index (χ0v) is 16.1. The average molecular weight is 410 g/mol. The molecule has 1 saturated heterocycles. The molecule has 9 heteroatoms. The van der Waals surface area contributed by atoms with Crippen molar-refractivity contribution in [3.8, 4) is 0 Å². The van der Waals surface area contributed by atoms with Gasteiger partial charge < -0.3 is 4.42 Å². The molecule has 0 spiro atoms. The molecule has 0 radical (unpaired) electrons. The lowest BCUT2D eigenvalue weighted by molar-refractivity contribution is 0.389. The maximum absolute atomic E-state index is 11.5. The molecular weight excluding hydrogens is 394 g/mol. The van der Waals surface area contributed by atoms with Gasteiger partial charge in [-0.25, -0.2) is 13.4 Å². The number of nitrogens with zero attached hydrogens (tertiary/aromatic N) is 3. The quantitative estimate of drug-likeness (QED) is 0.470. The lowest BCUT2D eigenvalue weighted by atomic mass is 10.1. The minimum Gasteiger partial charge on any atom is -0.416 e. The van der Waals surface area contributed by atoms with Gasteiger partial charge in [-0.1, -0.05) is 41.6 Å². The standard InChI is InChI=1S/C17H16ClN3O3S2/c18-16-13(8-12-3-1-2-4-14(12)19-16)9-25-17-21-20-15(24-17)7-11-5-6-26(22,23)10-11/h1-4,8,11H,5-7,9-10H2/t11-/m1/s1. The Hall–Kier alpha value is -1.64. The zero-order chi connectivity index (χ0) is 18.1. The van der Waals surface area contributed by atoms with Crippen molar-refractivity contribution < 1.29 is 12.8 Å². The minimum atomic E-state index is -2.89. The molecule has 3 heterocycles. The number of rotatable bonds is 5. The third-order valence-electron chi connectivity index (χ3n) is 4.34. The first-order chi connectivity index (χ1) is 12.5. The van der Waals surface area contributed by atoms with Crippen molar-refractivity contribution in [3.05, 3.63) is 46.9 Å². The van der Waals surface area contributed by atoms with Gasteiger partial charge in [0.15, 0.2) is 9.84 Å². The Labute approximate surface area is 160 Å². The third kappa shape index (κ3) is 4.02. The number of para-hydroxylation sites is 1. The summed E-state index contributed by atoms with van der Waals surface area (Å²) in [4.78, 5) is 4.40. The summed E-state index contributed by atoms with van der Waals surface area (Å²) in [6.07, 6.45) is 1.16. The fourth-order valence-electron chi connectivity index (χ4n) is 3.04. The molecule has 0 bridgehead atoms. The topological polar surface area (TPSA) is 86.0 Å². The van der Waals surface area contributed by atoms with Crippen LogP contribution in [0.5, 0.6) is 0 Å². The van der Waals surface area contributed by atoms with Gasteiger partial charge in [0.2, 0.25) is 5.89 Å². The van der Waals surface area contributed by atoms with Crippen LogP contribution in [0.4, 0.5) is 0 Å². The predicted octanol–water partition coefficient (Wildman–Crippen LogP) is 3.54. The van der Waals surface area contributed by atoms with Crippen molar-refractivity contribution in [1.82, 2.24) is 15.2 Å². The van der Waals surface area contributed by atoms with Crippen LogP contribution in [-0.4, -0.2) is 35.1 Å². The summed E-state index contributed by atoms with van der Waals surface area (Å²) in [5.74, 6) is 1.57. The van der Waals surface area contributed by atoms with E-state index in [9.17, 15) is 8.42 Å². The summed E-state index contributed by atoms with van der Waals surface area (Å²) in [5.41, 5.74) is 1.76. The molecule has 6 nitrogen and oxygen atoms in total. The molecule has 0 N–H and O–H groups in total. The van der Waals surface area contributed by atoms with Crippen LogP contribution in [0.2, 0.25) is 5.15 Å². The highest BCUT2D eigenvalue weighted by molar-refractivity contribution is 7.98. The van der Waals surface area contributed by atoms with E-state index in [1.54, 1.807) is 0 Å². The van der Waals surface area contributed by atoms with E-state index in [0.29, 0.717) is 34.9 Å². The molecular formula is C17H16ClN3O3S2. The van der Waals surface area contributed by atoms with Crippen LogP contribution in [0.15, 0.2) is 40.0 Å². The SMILES string of the molecule is O=S1(=O)CC[C@H](Cc2nnc(SCc3cc4ccccc4nc3Cl)o2)C1. The average Bonchev–Trinajstić information content (AvgIpc) is 3.19. The lowest BCUT2D eigenvalue weighted by Crippen LogP contribution is -2.07. The van der Waals surface area contributed by atoms with Gasteiger partial charge in [-0.05, 0) is 24.5 Å². The highest BCUT2D eigenvalue weighted by Gasteiger charge is 2.29. The van der Waals surface area contributed by atoms with Crippen LogP contribution in [-0.2, 0) is 22.0 Å². The van der Waals surface area contributed by atoms with Gasteiger partial charge in [-0.3, -0.25) is 0 Å². The van der Waals surface area contributed by atoms with E-state index in [1.165, 1.54) is 11.8 Å². The Kier molecular flexibility index (Phi) is 4.90. The number of fused-ring (bicyclic) bond motifs is 1. The van der Waals surface area contributed by atoms with E-state index < -0.39 is 9.84 Å². The molecule has 0 amide bonds. The van der Waals surface area contributed by atoms with Crippen molar-refractivity contribution in [2.45, 2.75) is 23.8 Å². The molecule has 1 aliphatic rings. The van der Waals surface area contributed by atoms with Gasteiger partial charge in [0, 0.05) is 23.1 Å². The number of hydrogen-bond donors (Lipinski definition) is 0. The van der Waals surface area contributed by atoms with Gasteiger partial charge >= 0.3 is 0 Å². The van der Waals surface area contributed by atoms with Crippen molar-refractivity contribution in [1.29, 1.82) is 0 Å². The second-order valence-electron chi connectivity index (χ2n) is 6.35. The Balaban J connectivity index is 1.41. The van der Waals surface area contributed by atoms with Crippen LogP contribution >= 0.6 is 23.4 Å². The lowest BCUT2D eigenvalue weighted by Gasteiger charge is -2.04. The van der Waals surface area contributed by atoms with E-state index in [4.69, 9.17) is 16.0 Å². The molecule has 1 aromatic carbocycles. The number of sulfone groups is 1. The number of benzene rings is 1. The highest BCUT2D eigenvalue weighted by Crippen LogP contribution is 2.29. The molecule has 1 aliphatic heterocycles. The maximum atomic E-state index is 11.5. The Morgan fingerprint density at radius 1 is 1.27 bits per heavy atom. The first kappa shape index (κ1) is 17.8. The van der Waals surface area contributed by atoms with Crippen LogP contribution in [0.25, 0.3) is 10.9 Å². The number of hydrogen-bond acceptors (Lipinski definition) is 7. The van der Waals surface area contributed by atoms with E-state index in [1.807, 2.05) is 30.3 Å². The Morgan fingerprint density at radius 3 is 2.92 bits per heavy atom. The van der Waals surface area contributed by atoms with E-state index >= 15 is 0 Å². The zero-order valence-electron chi connectivity index (χ0n) is 13.8. The summed E-state index contributed by atoms with van der Waals surface area (Å²) in [6.45, 7) is 0. The van der Waals surface area contributed by atoms with Gasteiger partial charge in [-0.2, -0.15) is 0 Å². The molecule has 1 atom stereocenters. The molecule has 0 saturated carbocycles. The number of halogens is 1. The molecule has 0 aliphatic carbocycles. The van der Waals surface area contributed by atoms with E-state index in [-0.39, 0.29) is 17.4 Å². The van der Waals surface area contributed by atoms with Gasteiger partial charge in [0.25, 0.3) is 5.22 Å².